The SMILES string of the molecule is C[C@H](NC(=O)N1CCOC[C@@H]1C)c1noc(Cc2ccccc2)n1. The molecule has 7 heteroatoms. The minimum atomic E-state index is -0.319. The third-order valence-electron chi connectivity index (χ3n) is 4.04. The van der Waals surface area contributed by atoms with Crippen LogP contribution < -0.4 is 5.32 Å². The van der Waals surface area contributed by atoms with Crippen molar-refractivity contribution in [2.45, 2.75) is 32.4 Å². The van der Waals surface area contributed by atoms with Crippen molar-refractivity contribution in [3.8, 4) is 0 Å². The Balaban J connectivity index is 1.59. The summed E-state index contributed by atoms with van der Waals surface area (Å²) >= 11 is 0. The van der Waals surface area contributed by atoms with Gasteiger partial charge < -0.3 is 19.5 Å². The van der Waals surface area contributed by atoms with E-state index in [0.29, 0.717) is 37.9 Å². The highest BCUT2D eigenvalue weighted by Gasteiger charge is 2.26. The molecule has 1 N–H and O–H groups in total. The molecule has 2 aromatic rings. The van der Waals surface area contributed by atoms with Crippen molar-refractivity contribution in [1.29, 1.82) is 0 Å². The van der Waals surface area contributed by atoms with E-state index in [4.69, 9.17) is 9.26 Å². The third-order valence-corrected chi connectivity index (χ3v) is 4.04. The Bertz CT molecular complexity index is 673. The molecule has 1 saturated heterocycles. The molecule has 0 bridgehead atoms. The van der Waals surface area contributed by atoms with Crippen LogP contribution in [0.4, 0.5) is 4.79 Å². The molecule has 7 nitrogen and oxygen atoms in total. The molecule has 0 spiro atoms. The van der Waals surface area contributed by atoms with Crippen LogP contribution in [0.5, 0.6) is 0 Å². The van der Waals surface area contributed by atoms with Crippen molar-refractivity contribution in [3.63, 3.8) is 0 Å². The number of rotatable bonds is 4. The summed E-state index contributed by atoms with van der Waals surface area (Å²) in [5.41, 5.74) is 1.10. The summed E-state index contributed by atoms with van der Waals surface area (Å²) in [7, 11) is 0. The van der Waals surface area contributed by atoms with Crippen LogP contribution in [0.15, 0.2) is 34.9 Å². The number of aromatic nitrogens is 2. The molecule has 3 rings (SSSR count). The predicted octanol–water partition coefficient (Wildman–Crippen LogP) is 2.15. The highest BCUT2D eigenvalue weighted by molar-refractivity contribution is 5.75. The second-order valence-corrected chi connectivity index (χ2v) is 6.00. The molecule has 1 aliphatic rings. The van der Waals surface area contributed by atoms with E-state index in [1.165, 1.54) is 0 Å². The fraction of sp³-hybridized carbons (Fsp3) is 0.471. The van der Waals surface area contributed by atoms with Gasteiger partial charge in [0, 0.05) is 6.54 Å². The van der Waals surface area contributed by atoms with Crippen LogP contribution >= 0.6 is 0 Å². The maximum atomic E-state index is 12.4. The number of carbonyl (C=O) groups is 1. The van der Waals surface area contributed by atoms with E-state index < -0.39 is 0 Å². The zero-order valence-electron chi connectivity index (χ0n) is 13.9. The number of benzene rings is 1. The summed E-state index contributed by atoms with van der Waals surface area (Å²) in [6.07, 6.45) is 0.578. The second kappa shape index (κ2) is 7.44. The maximum Gasteiger partial charge on any atom is 0.318 e. The highest BCUT2D eigenvalue weighted by atomic mass is 16.5. The van der Waals surface area contributed by atoms with Crippen molar-refractivity contribution in [2.24, 2.45) is 0 Å². The predicted molar refractivity (Wildman–Crippen MR) is 87.5 cm³/mol. The van der Waals surface area contributed by atoms with Crippen LogP contribution in [-0.4, -0.2) is 46.9 Å². The van der Waals surface area contributed by atoms with E-state index in [1.54, 1.807) is 4.90 Å². The first-order valence-electron chi connectivity index (χ1n) is 8.15. The van der Waals surface area contributed by atoms with Gasteiger partial charge in [-0.25, -0.2) is 4.79 Å². The summed E-state index contributed by atoms with van der Waals surface area (Å²) in [6.45, 7) is 5.53. The molecule has 0 aliphatic carbocycles. The van der Waals surface area contributed by atoms with Crippen molar-refractivity contribution in [1.82, 2.24) is 20.4 Å². The first kappa shape index (κ1) is 16.4. The van der Waals surface area contributed by atoms with E-state index in [2.05, 4.69) is 15.5 Å². The average Bonchev–Trinajstić information content (AvgIpc) is 3.04. The summed E-state index contributed by atoms with van der Waals surface area (Å²) in [5.74, 6) is 1.02. The zero-order chi connectivity index (χ0) is 16.9. The average molecular weight is 330 g/mol. The Labute approximate surface area is 141 Å². The summed E-state index contributed by atoms with van der Waals surface area (Å²) < 4.78 is 10.6. The molecule has 2 amide bonds. The molecule has 2 heterocycles. The van der Waals surface area contributed by atoms with Crippen molar-refractivity contribution in [3.05, 3.63) is 47.6 Å². The van der Waals surface area contributed by atoms with Gasteiger partial charge in [0.05, 0.1) is 31.7 Å². The van der Waals surface area contributed by atoms with Crippen molar-refractivity contribution in [2.75, 3.05) is 19.8 Å². The van der Waals surface area contributed by atoms with Gasteiger partial charge >= 0.3 is 6.03 Å². The topological polar surface area (TPSA) is 80.5 Å². The molecule has 24 heavy (non-hydrogen) atoms. The van der Waals surface area contributed by atoms with Gasteiger partial charge in [0.25, 0.3) is 0 Å². The first-order valence-corrected chi connectivity index (χ1v) is 8.15. The van der Waals surface area contributed by atoms with Crippen LogP contribution in [0.2, 0.25) is 0 Å². The maximum absolute atomic E-state index is 12.4. The quantitative estimate of drug-likeness (QED) is 0.929. The standard InChI is InChI=1S/C17H22N4O3/c1-12-11-23-9-8-21(12)17(22)18-13(2)16-19-15(24-20-16)10-14-6-4-3-5-7-14/h3-7,12-13H,8-11H2,1-2H3,(H,18,22)/t12-,13-/m0/s1. The van der Waals surface area contributed by atoms with E-state index in [-0.39, 0.29) is 18.1 Å². The highest BCUT2D eigenvalue weighted by Crippen LogP contribution is 2.13. The van der Waals surface area contributed by atoms with E-state index in [1.807, 2.05) is 44.2 Å². The van der Waals surface area contributed by atoms with Crippen molar-refractivity contribution < 1.29 is 14.1 Å². The summed E-state index contributed by atoms with van der Waals surface area (Å²) in [6, 6.07) is 9.53. The third kappa shape index (κ3) is 3.91. The molecule has 128 valence electrons. The summed E-state index contributed by atoms with van der Waals surface area (Å²) in [5, 5.41) is 6.91. The fourth-order valence-electron chi connectivity index (χ4n) is 2.65. The van der Waals surface area contributed by atoms with E-state index in [0.717, 1.165) is 5.56 Å². The number of nitrogens with zero attached hydrogens (tertiary/aromatic N) is 3. The Kier molecular flexibility index (Phi) is 5.10. The van der Waals surface area contributed by atoms with Crippen LogP contribution in [-0.2, 0) is 11.2 Å². The minimum absolute atomic E-state index is 0.0601. The van der Waals surface area contributed by atoms with E-state index in [9.17, 15) is 4.79 Å². The smallest absolute Gasteiger partial charge is 0.318 e. The Morgan fingerprint density at radius 2 is 2.21 bits per heavy atom. The number of nitrogens with one attached hydrogen (secondary N) is 1. The molecule has 1 aromatic carbocycles. The van der Waals surface area contributed by atoms with Gasteiger partial charge in [0.15, 0.2) is 5.82 Å². The molecule has 0 unspecified atom stereocenters. The minimum Gasteiger partial charge on any atom is -0.377 e. The zero-order valence-corrected chi connectivity index (χ0v) is 13.9. The van der Waals surface area contributed by atoms with Gasteiger partial charge in [-0.2, -0.15) is 4.98 Å². The monoisotopic (exact) mass is 330 g/mol. The molecule has 1 fully saturated rings. The molecule has 0 radical (unpaired) electrons. The Morgan fingerprint density at radius 1 is 1.42 bits per heavy atom. The lowest BCUT2D eigenvalue weighted by Gasteiger charge is -2.33. The van der Waals surface area contributed by atoms with Crippen LogP contribution in [0.25, 0.3) is 0 Å². The summed E-state index contributed by atoms with van der Waals surface area (Å²) in [4.78, 5) is 18.5. The van der Waals surface area contributed by atoms with Crippen LogP contribution in [0, 0.1) is 0 Å². The Morgan fingerprint density at radius 3 is 2.96 bits per heavy atom. The number of ether oxygens (including phenoxy) is 1. The van der Waals surface area contributed by atoms with Crippen LogP contribution in [0.3, 0.4) is 0 Å². The van der Waals surface area contributed by atoms with Crippen molar-refractivity contribution >= 4 is 6.03 Å². The van der Waals surface area contributed by atoms with Gasteiger partial charge in [0.2, 0.25) is 5.89 Å². The molecule has 1 aliphatic heterocycles. The lowest BCUT2D eigenvalue weighted by atomic mass is 10.1. The second-order valence-electron chi connectivity index (χ2n) is 6.00. The number of morpholine rings is 1. The number of amides is 2. The molecule has 2 atom stereocenters. The van der Waals surface area contributed by atoms with Gasteiger partial charge in [-0.1, -0.05) is 35.5 Å². The molecule has 0 saturated carbocycles. The lowest BCUT2D eigenvalue weighted by molar-refractivity contribution is 0.0184. The van der Waals surface area contributed by atoms with E-state index >= 15 is 0 Å². The first-order chi connectivity index (χ1) is 11.6. The lowest BCUT2D eigenvalue weighted by Crippen LogP contribution is -2.51. The number of hydrogen-bond acceptors (Lipinski definition) is 5. The molecular weight excluding hydrogens is 308 g/mol. The fourth-order valence-corrected chi connectivity index (χ4v) is 2.65. The molecular formula is C17H22N4O3. The number of urea groups is 1. The van der Waals surface area contributed by atoms with Gasteiger partial charge in [-0.05, 0) is 19.4 Å². The largest absolute Gasteiger partial charge is 0.377 e. The van der Waals surface area contributed by atoms with Gasteiger partial charge in [-0.3, -0.25) is 0 Å². The number of carbonyl (C=O) groups excluding carboxylic acids is 1. The molecule has 1 aromatic heterocycles. The van der Waals surface area contributed by atoms with Gasteiger partial charge in [0.1, 0.15) is 0 Å². The van der Waals surface area contributed by atoms with Gasteiger partial charge in [-0.15, -0.1) is 0 Å². The number of hydrogen-bond donors (Lipinski definition) is 1. The van der Waals surface area contributed by atoms with Crippen LogP contribution in [0.1, 0.15) is 37.2 Å². The Hall–Kier alpha value is -2.41. The normalized spacial score (nSPS) is 19.1.